The van der Waals surface area contributed by atoms with Crippen molar-refractivity contribution < 1.29 is 13.9 Å². The molecule has 1 aliphatic heterocycles. The highest BCUT2D eigenvalue weighted by Crippen LogP contribution is 2.20. The second-order valence-corrected chi connectivity index (χ2v) is 8.16. The maximum absolute atomic E-state index is 13.4. The van der Waals surface area contributed by atoms with E-state index in [0.717, 1.165) is 36.1 Å². The van der Waals surface area contributed by atoms with Crippen molar-refractivity contribution in [2.45, 2.75) is 45.8 Å². The minimum atomic E-state index is -0.475. The number of ether oxygens (including phenoxy) is 1. The normalized spacial score (nSPS) is 19.4. The average Bonchev–Trinajstić information content (AvgIpc) is 2.46. The van der Waals surface area contributed by atoms with Crippen LogP contribution in [0.1, 0.15) is 33.3 Å². The van der Waals surface area contributed by atoms with Gasteiger partial charge in [0.1, 0.15) is 11.4 Å². The van der Waals surface area contributed by atoms with Crippen molar-refractivity contribution in [3.8, 4) is 0 Å². The van der Waals surface area contributed by atoms with Crippen molar-refractivity contribution in [3.05, 3.63) is 34.1 Å². The van der Waals surface area contributed by atoms with Gasteiger partial charge in [-0.1, -0.05) is 15.9 Å². The van der Waals surface area contributed by atoms with Gasteiger partial charge in [-0.25, -0.2) is 9.18 Å². The molecule has 0 aromatic heterocycles. The number of piperazine rings is 1. The number of carbonyl (C=O) groups is 1. The number of hydrogen-bond donors (Lipinski definition) is 0. The average molecular weight is 401 g/mol. The second kappa shape index (κ2) is 7.83. The molecule has 6 heteroatoms. The van der Waals surface area contributed by atoms with Gasteiger partial charge in [-0.05, 0) is 57.9 Å². The van der Waals surface area contributed by atoms with Crippen LogP contribution in [0.2, 0.25) is 0 Å². The third kappa shape index (κ3) is 5.45. The Labute approximate surface area is 152 Å². The molecule has 1 aromatic carbocycles. The fourth-order valence-electron chi connectivity index (χ4n) is 2.84. The lowest BCUT2D eigenvalue weighted by Crippen LogP contribution is -2.55. The van der Waals surface area contributed by atoms with Crippen LogP contribution in [0, 0.1) is 5.82 Å². The molecule has 1 saturated heterocycles. The fraction of sp³-hybridized carbons (Fsp3) is 0.611. The lowest BCUT2D eigenvalue weighted by molar-refractivity contribution is 0.00162. The minimum Gasteiger partial charge on any atom is -0.444 e. The monoisotopic (exact) mass is 400 g/mol. The fourth-order valence-corrected chi connectivity index (χ4v) is 3.29. The van der Waals surface area contributed by atoms with Crippen LogP contribution < -0.4 is 0 Å². The highest BCUT2D eigenvalue weighted by molar-refractivity contribution is 9.10. The first-order valence-electron chi connectivity index (χ1n) is 8.31. The first-order valence-corrected chi connectivity index (χ1v) is 9.11. The van der Waals surface area contributed by atoms with Crippen molar-refractivity contribution in [2.75, 3.05) is 26.2 Å². The molecule has 134 valence electrons. The summed E-state index contributed by atoms with van der Waals surface area (Å²) < 4.78 is 19.8. The molecule has 0 aliphatic carbocycles. The molecule has 0 saturated carbocycles. The van der Waals surface area contributed by atoms with Crippen LogP contribution in [0.5, 0.6) is 0 Å². The predicted octanol–water partition coefficient (Wildman–Crippen LogP) is 4.07. The summed E-state index contributed by atoms with van der Waals surface area (Å²) in [5.41, 5.74) is 0.495. The smallest absolute Gasteiger partial charge is 0.410 e. The van der Waals surface area contributed by atoms with E-state index >= 15 is 0 Å². The van der Waals surface area contributed by atoms with E-state index < -0.39 is 5.60 Å². The Bertz CT molecular complexity index is 589. The zero-order valence-electron chi connectivity index (χ0n) is 14.8. The van der Waals surface area contributed by atoms with Gasteiger partial charge in [0.2, 0.25) is 0 Å². The molecule has 1 atom stereocenters. The standard InChI is InChI=1S/C18H26BrFN2O2/c1-13-12-21(8-7-14-11-15(20)5-6-16(14)19)9-10-22(13)17(23)24-18(2,3)4/h5-6,11,13H,7-10,12H2,1-4H3/t13-/m0/s1. The van der Waals surface area contributed by atoms with E-state index in [2.05, 4.69) is 20.8 Å². The Hall–Kier alpha value is -1.14. The van der Waals surface area contributed by atoms with Gasteiger partial charge in [0, 0.05) is 36.7 Å². The van der Waals surface area contributed by atoms with E-state index in [9.17, 15) is 9.18 Å². The van der Waals surface area contributed by atoms with Gasteiger partial charge in [0.15, 0.2) is 0 Å². The van der Waals surface area contributed by atoms with E-state index in [1.165, 1.54) is 6.07 Å². The molecule has 1 aliphatic rings. The van der Waals surface area contributed by atoms with E-state index in [0.29, 0.717) is 6.54 Å². The first kappa shape index (κ1) is 19.2. The summed E-state index contributed by atoms with van der Waals surface area (Å²) in [6.45, 7) is 10.8. The van der Waals surface area contributed by atoms with Crippen LogP contribution in [0.4, 0.5) is 9.18 Å². The molecule has 0 unspecified atom stereocenters. The van der Waals surface area contributed by atoms with Crippen molar-refractivity contribution in [1.29, 1.82) is 0 Å². The number of nitrogens with zero attached hydrogens (tertiary/aromatic N) is 2. The van der Waals surface area contributed by atoms with Crippen molar-refractivity contribution >= 4 is 22.0 Å². The minimum absolute atomic E-state index is 0.101. The molecule has 1 heterocycles. The summed E-state index contributed by atoms with van der Waals surface area (Å²) in [4.78, 5) is 16.3. The Morgan fingerprint density at radius 2 is 2.08 bits per heavy atom. The van der Waals surface area contributed by atoms with Gasteiger partial charge < -0.3 is 9.64 Å². The van der Waals surface area contributed by atoms with Gasteiger partial charge in [-0.3, -0.25) is 4.90 Å². The Morgan fingerprint density at radius 3 is 2.71 bits per heavy atom. The van der Waals surface area contributed by atoms with Crippen LogP contribution in [0.15, 0.2) is 22.7 Å². The molecule has 2 rings (SSSR count). The summed E-state index contributed by atoms with van der Waals surface area (Å²) >= 11 is 3.47. The van der Waals surface area contributed by atoms with E-state index in [4.69, 9.17) is 4.74 Å². The van der Waals surface area contributed by atoms with Crippen LogP contribution >= 0.6 is 15.9 Å². The molecule has 4 nitrogen and oxygen atoms in total. The number of hydrogen-bond acceptors (Lipinski definition) is 3. The van der Waals surface area contributed by atoms with Gasteiger partial charge in [-0.2, -0.15) is 0 Å². The summed E-state index contributed by atoms with van der Waals surface area (Å²) in [7, 11) is 0. The van der Waals surface area contributed by atoms with Crippen molar-refractivity contribution in [3.63, 3.8) is 0 Å². The number of halogens is 2. The molecule has 1 aromatic rings. The quantitative estimate of drug-likeness (QED) is 0.766. The van der Waals surface area contributed by atoms with Gasteiger partial charge in [0.25, 0.3) is 0 Å². The Kier molecular flexibility index (Phi) is 6.26. The largest absolute Gasteiger partial charge is 0.444 e. The molecular formula is C18H26BrFN2O2. The number of benzene rings is 1. The molecule has 0 bridgehead atoms. The molecular weight excluding hydrogens is 375 g/mol. The molecule has 0 spiro atoms. The van der Waals surface area contributed by atoms with Gasteiger partial charge >= 0.3 is 6.09 Å². The maximum Gasteiger partial charge on any atom is 0.410 e. The molecule has 1 fully saturated rings. The molecule has 0 N–H and O–H groups in total. The third-order valence-electron chi connectivity index (χ3n) is 4.04. The molecule has 0 radical (unpaired) electrons. The number of rotatable bonds is 3. The van der Waals surface area contributed by atoms with E-state index in [1.54, 1.807) is 17.0 Å². The van der Waals surface area contributed by atoms with Crippen LogP contribution in [0.25, 0.3) is 0 Å². The van der Waals surface area contributed by atoms with Gasteiger partial charge in [-0.15, -0.1) is 0 Å². The zero-order valence-corrected chi connectivity index (χ0v) is 16.4. The molecule has 1 amide bonds. The van der Waals surface area contributed by atoms with E-state index in [-0.39, 0.29) is 18.0 Å². The van der Waals surface area contributed by atoms with E-state index in [1.807, 2.05) is 27.7 Å². The first-order chi connectivity index (χ1) is 11.2. The van der Waals surface area contributed by atoms with Crippen LogP contribution in [0.3, 0.4) is 0 Å². The zero-order chi connectivity index (χ0) is 17.9. The summed E-state index contributed by atoms with van der Waals surface area (Å²) in [5, 5.41) is 0. The van der Waals surface area contributed by atoms with Crippen LogP contribution in [-0.2, 0) is 11.2 Å². The molecule has 24 heavy (non-hydrogen) atoms. The third-order valence-corrected chi connectivity index (χ3v) is 4.82. The highest BCUT2D eigenvalue weighted by atomic mass is 79.9. The van der Waals surface area contributed by atoms with Crippen molar-refractivity contribution in [2.24, 2.45) is 0 Å². The Balaban J connectivity index is 1.87. The predicted molar refractivity (Wildman–Crippen MR) is 96.6 cm³/mol. The number of amides is 1. The lowest BCUT2D eigenvalue weighted by Gasteiger charge is -2.40. The topological polar surface area (TPSA) is 32.8 Å². The summed E-state index contributed by atoms with van der Waals surface area (Å²) in [6, 6.07) is 4.87. The SMILES string of the molecule is C[C@H]1CN(CCc2cc(F)ccc2Br)CCN1C(=O)OC(C)(C)C. The lowest BCUT2D eigenvalue weighted by atomic mass is 10.1. The Morgan fingerprint density at radius 1 is 1.38 bits per heavy atom. The van der Waals surface area contributed by atoms with Gasteiger partial charge in [0.05, 0.1) is 0 Å². The number of carbonyl (C=O) groups excluding carboxylic acids is 1. The summed E-state index contributed by atoms with van der Waals surface area (Å²) in [5.74, 6) is -0.212. The highest BCUT2D eigenvalue weighted by Gasteiger charge is 2.30. The maximum atomic E-state index is 13.4. The second-order valence-electron chi connectivity index (χ2n) is 7.31. The summed E-state index contributed by atoms with van der Waals surface area (Å²) in [6.07, 6.45) is 0.528. The van der Waals surface area contributed by atoms with Crippen molar-refractivity contribution in [1.82, 2.24) is 9.80 Å². The van der Waals surface area contributed by atoms with Crippen LogP contribution in [-0.4, -0.2) is 53.7 Å².